The summed E-state index contributed by atoms with van der Waals surface area (Å²) in [5.41, 5.74) is 1.40. The van der Waals surface area contributed by atoms with E-state index < -0.39 is 0 Å². The van der Waals surface area contributed by atoms with Gasteiger partial charge in [-0.15, -0.1) is 0 Å². The molecule has 0 aliphatic carbocycles. The summed E-state index contributed by atoms with van der Waals surface area (Å²) in [4.78, 5) is 7.15. The fourth-order valence-corrected chi connectivity index (χ4v) is 3.73. The monoisotopic (exact) mass is 292 g/mol. The van der Waals surface area contributed by atoms with Crippen LogP contribution in [-0.2, 0) is 0 Å². The van der Waals surface area contributed by atoms with E-state index in [2.05, 4.69) is 53.8 Å². The summed E-state index contributed by atoms with van der Waals surface area (Å²) >= 11 is 0. The molecule has 0 aromatic carbocycles. The summed E-state index contributed by atoms with van der Waals surface area (Å²) in [6.07, 6.45) is 9.31. The standard InChI is InChI=1S/C17H32N4/c1-5-9-20-10-7-6-8-15(11-18-4)17(20)16-12-19-13-21(16)14(2)3/h12-15,17-18H,5-11H2,1-4H3. The lowest BCUT2D eigenvalue weighted by Gasteiger charge is -2.36. The van der Waals surface area contributed by atoms with Crippen molar-refractivity contribution in [2.24, 2.45) is 5.92 Å². The number of likely N-dealkylation sites (tertiary alicyclic amines) is 1. The van der Waals surface area contributed by atoms with Crippen LogP contribution in [0.5, 0.6) is 0 Å². The summed E-state index contributed by atoms with van der Waals surface area (Å²) < 4.78 is 2.36. The Hall–Kier alpha value is -0.870. The van der Waals surface area contributed by atoms with E-state index in [1.807, 2.05) is 6.33 Å². The highest BCUT2D eigenvalue weighted by Crippen LogP contribution is 2.35. The molecule has 2 atom stereocenters. The highest BCUT2D eigenvalue weighted by molar-refractivity contribution is 5.10. The third-order valence-corrected chi connectivity index (χ3v) is 4.64. The first kappa shape index (κ1) is 16.5. The van der Waals surface area contributed by atoms with Crippen molar-refractivity contribution in [1.82, 2.24) is 19.8 Å². The van der Waals surface area contributed by atoms with Gasteiger partial charge in [-0.2, -0.15) is 0 Å². The average Bonchev–Trinajstić information content (AvgIpc) is 2.85. The van der Waals surface area contributed by atoms with E-state index in [0.29, 0.717) is 18.0 Å². The molecule has 0 amide bonds. The zero-order chi connectivity index (χ0) is 15.2. The van der Waals surface area contributed by atoms with Crippen LogP contribution >= 0.6 is 0 Å². The van der Waals surface area contributed by atoms with Gasteiger partial charge in [0.2, 0.25) is 0 Å². The summed E-state index contributed by atoms with van der Waals surface area (Å²) in [6.45, 7) is 10.3. The Morgan fingerprint density at radius 3 is 2.86 bits per heavy atom. The average molecular weight is 292 g/mol. The second-order valence-electron chi connectivity index (χ2n) is 6.61. The van der Waals surface area contributed by atoms with Crippen LogP contribution in [0.4, 0.5) is 0 Å². The Balaban J connectivity index is 2.35. The second-order valence-corrected chi connectivity index (χ2v) is 6.61. The third-order valence-electron chi connectivity index (χ3n) is 4.64. The second kappa shape index (κ2) is 7.95. The Morgan fingerprint density at radius 2 is 2.19 bits per heavy atom. The molecule has 0 spiro atoms. The van der Waals surface area contributed by atoms with E-state index in [1.165, 1.54) is 44.5 Å². The molecule has 0 radical (unpaired) electrons. The maximum Gasteiger partial charge on any atom is 0.0951 e. The van der Waals surface area contributed by atoms with Crippen LogP contribution in [0.2, 0.25) is 0 Å². The quantitative estimate of drug-likeness (QED) is 0.874. The van der Waals surface area contributed by atoms with Gasteiger partial charge in [-0.05, 0) is 65.7 Å². The zero-order valence-electron chi connectivity index (χ0n) is 14.2. The Labute approximate surface area is 129 Å². The molecular formula is C17H32N4. The predicted octanol–water partition coefficient (Wildman–Crippen LogP) is 3.24. The first-order valence-corrected chi connectivity index (χ1v) is 8.59. The van der Waals surface area contributed by atoms with Crippen LogP contribution in [0.1, 0.15) is 64.2 Å². The summed E-state index contributed by atoms with van der Waals surface area (Å²) in [6, 6.07) is 0.981. The fraction of sp³-hybridized carbons (Fsp3) is 0.824. The number of nitrogens with one attached hydrogen (secondary N) is 1. The fourth-order valence-electron chi connectivity index (χ4n) is 3.73. The molecule has 1 N–H and O–H groups in total. The van der Waals surface area contributed by atoms with Gasteiger partial charge in [0.25, 0.3) is 0 Å². The summed E-state index contributed by atoms with van der Waals surface area (Å²) in [5, 5.41) is 3.41. The van der Waals surface area contributed by atoms with Crippen molar-refractivity contribution in [3.63, 3.8) is 0 Å². The van der Waals surface area contributed by atoms with Crippen molar-refractivity contribution < 1.29 is 0 Å². The van der Waals surface area contributed by atoms with Crippen LogP contribution in [-0.4, -0.2) is 41.1 Å². The number of hydrogen-bond donors (Lipinski definition) is 1. The highest BCUT2D eigenvalue weighted by Gasteiger charge is 2.32. The first-order valence-electron chi connectivity index (χ1n) is 8.59. The minimum Gasteiger partial charge on any atom is -0.331 e. The number of nitrogens with zero attached hydrogens (tertiary/aromatic N) is 3. The molecular weight excluding hydrogens is 260 g/mol. The van der Waals surface area contributed by atoms with E-state index in [9.17, 15) is 0 Å². The largest absolute Gasteiger partial charge is 0.331 e. The van der Waals surface area contributed by atoms with Crippen molar-refractivity contribution in [2.45, 2.75) is 58.5 Å². The first-order chi connectivity index (χ1) is 10.2. The third kappa shape index (κ3) is 3.86. The van der Waals surface area contributed by atoms with Gasteiger partial charge in [0.1, 0.15) is 0 Å². The van der Waals surface area contributed by atoms with Gasteiger partial charge < -0.3 is 9.88 Å². The molecule has 1 aliphatic heterocycles. The van der Waals surface area contributed by atoms with Crippen molar-refractivity contribution in [2.75, 3.05) is 26.7 Å². The van der Waals surface area contributed by atoms with Crippen molar-refractivity contribution in [3.8, 4) is 0 Å². The van der Waals surface area contributed by atoms with E-state index in [-0.39, 0.29) is 0 Å². The van der Waals surface area contributed by atoms with E-state index in [4.69, 9.17) is 0 Å². The molecule has 0 saturated carbocycles. The van der Waals surface area contributed by atoms with Crippen LogP contribution in [0.3, 0.4) is 0 Å². The van der Waals surface area contributed by atoms with Crippen LogP contribution in [0, 0.1) is 5.92 Å². The lowest BCUT2D eigenvalue weighted by Crippen LogP contribution is -2.38. The predicted molar refractivity (Wildman–Crippen MR) is 88.5 cm³/mol. The Bertz CT molecular complexity index is 397. The maximum absolute atomic E-state index is 4.45. The van der Waals surface area contributed by atoms with Crippen molar-refractivity contribution in [3.05, 3.63) is 18.2 Å². The van der Waals surface area contributed by atoms with E-state index in [1.54, 1.807) is 0 Å². The molecule has 0 bridgehead atoms. The number of aromatic nitrogens is 2. The van der Waals surface area contributed by atoms with E-state index >= 15 is 0 Å². The molecule has 1 aromatic rings. The molecule has 4 heteroatoms. The summed E-state index contributed by atoms with van der Waals surface area (Å²) in [7, 11) is 2.08. The van der Waals surface area contributed by atoms with Crippen molar-refractivity contribution in [1.29, 1.82) is 0 Å². The highest BCUT2D eigenvalue weighted by atomic mass is 15.2. The van der Waals surface area contributed by atoms with Gasteiger partial charge in [0, 0.05) is 12.2 Å². The lowest BCUT2D eigenvalue weighted by atomic mass is 9.92. The maximum atomic E-state index is 4.45. The number of rotatable bonds is 6. The van der Waals surface area contributed by atoms with Gasteiger partial charge in [-0.25, -0.2) is 4.98 Å². The van der Waals surface area contributed by atoms with Gasteiger partial charge >= 0.3 is 0 Å². The zero-order valence-corrected chi connectivity index (χ0v) is 14.2. The molecule has 1 fully saturated rings. The molecule has 2 unspecified atom stereocenters. The number of hydrogen-bond acceptors (Lipinski definition) is 3. The molecule has 4 nitrogen and oxygen atoms in total. The molecule has 1 saturated heterocycles. The molecule has 21 heavy (non-hydrogen) atoms. The van der Waals surface area contributed by atoms with Crippen LogP contribution in [0.15, 0.2) is 12.5 Å². The Morgan fingerprint density at radius 1 is 1.38 bits per heavy atom. The molecule has 1 aromatic heterocycles. The van der Waals surface area contributed by atoms with Gasteiger partial charge in [0.15, 0.2) is 0 Å². The normalized spacial score (nSPS) is 24.4. The van der Waals surface area contributed by atoms with E-state index in [0.717, 1.165) is 6.54 Å². The Kier molecular flexibility index (Phi) is 6.24. The van der Waals surface area contributed by atoms with Gasteiger partial charge in [-0.3, -0.25) is 4.90 Å². The van der Waals surface area contributed by atoms with Crippen LogP contribution < -0.4 is 5.32 Å². The van der Waals surface area contributed by atoms with Crippen molar-refractivity contribution >= 4 is 0 Å². The molecule has 2 heterocycles. The van der Waals surface area contributed by atoms with Gasteiger partial charge in [0.05, 0.1) is 18.1 Å². The number of imidazole rings is 1. The van der Waals surface area contributed by atoms with Gasteiger partial charge in [-0.1, -0.05) is 13.3 Å². The lowest BCUT2D eigenvalue weighted by molar-refractivity contribution is 0.146. The minimum atomic E-state index is 0.476. The topological polar surface area (TPSA) is 33.1 Å². The SMILES string of the molecule is CCCN1CCCCC(CNC)C1c1cncn1C(C)C. The molecule has 120 valence electrons. The smallest absolute Gasteiger partial charge is 0.0951 e. The minimum absolute atomic E-state index is 0.476. The molecule has 1 aliphatic rings. The van der Waals surface area contributed by atoms with Crippen LogP contribution in [0.25, 0.3) is 0 Å². The summed E-state index contributed by atoms with van der Waals surface area (Å²) in [5.74, 6) is 0.679. The molecule has 2 rings (SSSR count).